The van der Waals surface area contributed by atoms with E-state index in [-0.39, 0.29) is 5.91 Å². The van der Waals surface area contributed by atoms with Gasteiger partial charge in [0.1, 0.15) is 5.76 Å². The zero-order valence-electron chi connectivity index (χ0n) is 9.81. The number of benzene rings is 1. The molecule has 0 unspecified atom stereocenters. The quantitative estimate of drug-likeness (QED) is 0.673. The van der Waals surface area contributed by atoms with E-state index in [1.807, 2.05) is 43.3 Å². The number of aryl methyl sites for hydroxylation is 1. The molecule has 0 spiro atoms. The van der Waals surface area contributed by atoms with Gasteiger partial charge in [-0.2, -0.15) is 0 Å². The highest BCUT2D eigenvalue weighted by atomic mass is 127. The maximum absolute atomic E-state index is 11.6. The third-order valence-electron chi connectivity index (χ3n) is 2.31. The molecule has 0 bridgehead atoms. The Hall–Kier alpha value is -1.56. The molecule has 1 aromatic heterocycles. The summed E-state index contributed by atoms with van der Waals surface area (Å²) in [7, 11) is 0. The molecule has 1 amide bonds. The normalized spacial score (nSPS) is 10.8. The van der Waals surface area contributed by atoms with Gasteiger partial charge in [-0.05, 0) is 59.9 Å². The average molecular weight is 353 g/mol. The molecule has 2 rings (SSSR count). The zero-order valence-corrected chi connectivity index (χ0v) is 12.0. The lowest BCUT2D eigenvalue weighted by Gasteiger charge is -2.01. The minimum Gasteiger partial charge on any atom is -0.451 e. The van der Waals surface area contributed by atoms with Crippen molar-refractivity contribution < 1.29 is 9.21 Å². The molecule has 0 aliphatic carbocycles. The van der Waals surface area contributed by atoms with Crippen LogP contribution in [0.3, 0.4) is 0 Å². The van der Waals surface area contributed by atoms with E-state index < -0.39 is 0 Å². The molecule has 92 valence electrons. The van der Waals surface area contributed by atoms with Crippen LogP contribution in [0.25, 0.3) is 6.08 Å². The Bertz CT molecular complexity index is 570. The molecule has 0 radical (unpaired) electrons. The van der Waals surface area contributed by atoms with Crippen LogP contribution in [-0.2, 0) is 4.79 Å². The first kappa shape index (κ1) is 12.9. The number of hydrogen-bond donors (Lipinski definition) is 1. The monoisotopic (exact) mass is 353 g/mol. The van der Waals surface area contributed by atoms with Crippen LogP contribution in [0.4, 0.5) is 5.69 Å². The first-order valence-corrected chi connectivity index (χ1v) is 6.52. The molecule has 0 saturated carbocycles. The van der Waals surface area contributed by atoms with Gasteiger partial charge in [-0.3, -0.25) is 4.79 Å². The summed E-state index contributed by atoms with van der Waals surface area (Å²) in [6, 6.07) is 11.3. The summed E-state index contributed by atoms with van der Waals surface area (Å²) in [5, 5.41) is 2.78. The molecule has 1 heterocycles. The Morgan fingerprint density at radius 3 is 2.56 bits per heavy atom. The Kier molecular flexibility index (Phi) is 4.19. The van der Waals surface area contributed by atoms with Gasteiger partial charge in [-0.1, -0.05) is 17.7 Å². The number of nitrogens with one attached hydrogen (secondary N) is 1. The zero-order chi connectivity index (χ0) is 13.0. The number of anilines is 1. The third-order valence-corrected chi connectivity index (χ3v) is 2.89. The number of rotatable bonds is 3. The Balaban J connectivity index is 1.96. The molecule has 1 N–H and O–H groups in total. The van der Waals surface area contributed by atoms with E-state index in [4.69, 9.17) is 4.42 Å². The first-order valence-electron chi connectivity index (χ1n) is 5.44. The predicted molar refractivity (Wildman–Crippen MR) is 80.3 cm³/mol. The van der Waals surface area contributed by atoms with E-state index in [0.29, 0.717) is 5.76 Å². The van der Waals surface area contributed by atoms with Crippen molar-refractivity contribution in [2.75, 3.05) is 5.32 Å². The van der Waals surface area contributed by atoms with Gasteiger partial charge in [0.15, 0.2) is 3.77 Å². The van der Waals surface area contributed by atoms with E-state index in [1.165, 1.54) is 6.08 Å². The number of halogens is 1. The molecule has 0 fully saturated rings. The standard InChI is InChI=1S/C14H12INO2/c1-10-2-4-11(5-3-10)16-14(17)9-7-12-6-8-13(15)18-12/h2-9H,1H3,(H,16,17)/b9-7+. The lowest BCUT2D eigenvalue weighted by atomic mass is 10.2. The van der Waals surface area contributed by atoms with Crippen molar-refractivity contribution in [3.63, 3.8) is 0 Å². The summed E-state index contributed by atoms with van der Waals surface area (Å²) in [6.07, 6.45) is 3.10. The summed E-state index contributed by atoms with van der Waals surface area (Å²) in [5.41, 5.74) is 1.94. The summed E-state index contributed by atoms with van der Waals surface area (Å²) >= 11 is 2.08. The Morgan fingerprint density at radius 1 is 1.22 bits per heavy atom. The molecule has 0 saturated heterocycles. The fourth-order valence-electron chi connectivity index (χ4n) is 1.40. The van der Waals surface area contributed by atoms with Crippen molar-refractivity contribution >= 4 is 40.3 Å². The minimum atomic E-state index is -0.176. The summed E-state index contributed by atoms with van der Waals surface area (Å²) in [5.74, 6) is 0.490. The number of furan rings is 1. The fourth-order valence-corrected chi connectivity index (χ4v) is 1.83. The van der Waals surface area contributed by atoms with Gasteiger partial charge in [0.25, 0.3) is 0 Å². The van der Waals surface area contributed by atoms with Gasteiger partial charge in [0.2, 0.25) is 5.91 Å². The smallest absolute Gasteiger partial charge is 0.248 e. The highest BCUT2D eigenvalue weighted by Crippen LogP contribution is 2.12. The van der Waals surface area contributed by atoms with Gasteiger partial charge >= 0.3 is 0 Å². The summed E-state index contributed by atoms with van der Waals surface area (Å²) in [6.45, 7) is 2.00. The molecule has 2 aromatic rings. The molecule has 1 aromatic carbocycles. The molecule has 0 aliphatic heterocycles. The van der Waals surface area contributed by atoms with Gasteiger partial charge < -0.3 is 9.73 Å². The molecule has 0 atom stereocenters. The van der Waals surface area contributed by atoms with Crippen LogP contribution >= 0.6 is 22.6 Å². The van der Waals surface area contributed by atoms with Crippen LogP contribution < -0.4 is 5.32 Å². The van der Waals surface area contributed by atoms with Crippen LogP contribution in [0.1, 0.15) is 11.3 Å². The fraction of sp³-hybridized carbons (Fsp3) is 0.0714. The Morgan fingerprint density at radius 2 is 1.94 bits per heavy atom. The van der Waals surface area contributed by atoms with Gasteiger partial charge in [-0.15, -0.1) is 0 Å². The molecule has 4 heteroatoms. The predicted octanol–water partition coefficient (Wildman–Crippen LogP) is 3.84. The van der Waals surface area contributed by atoms with Crippen LogP contribution in [0.2, 0.25) is 0 Å². The van der Waals surface area contributed by atoms with Crippen molar-refractivity contribution in [3.05, 3.63) is 57.6 Å². The van der Waals surface area contributed by atoms with E-state index >= 15 is 0 Å². The lowest BCUT2D eigenvalue weighted by Crippen LogP contribution is -2.07. The van der Waals surface area contributed by atoms with Gasteiger partial charge in [0.05, 0.1) is 0 Å². The van der Waals surface area contributed by atoms with E-state index in [0.717, 1.165) is 15.0 Å². The highest BCUT2D eigenvalue weighted by molar-refractivity contribution is 14.1. The topological polar surface area (TPSA) is 42.2 Å². The second kappa shape index (κ2) is 5.86. The average Bonchev–Trinajstić information content (AvgIpc) is 2.76. The number of amides is 1. The third kappa shape index (κ3) is 3.73. The second-order valence-corrected chi connectivity index (χ2v) is 4.89. The van der Waals surface area contributed by atoms with Crippen LogP contribution in [0, 0.1) is 10.7 Å². The lowest BCUT2D eigenvalue weighted by molar-refractivity contribution is -0.111. The molecular formula is C14H12INO2. The van der Waals surface area contributed by atoms with Gasteiger partial charge in [-0.25, -0.2) is 0 Å². The Labute approximate surface area is 119 Å². The van der Waals surface area contributed by atoms with Gasteiger partial charge in [0, 0.05) is 11.8 Å². The minimum absolute atomic E-state index is 0.176. The summed E-state index contributed by atoms with van der Waals surface area (Å²) < 4.78 is 6.12. The van der Waals surface area contributed by atoms with E-state index in [2.05, 4.69) is 27.9 Å². The molecule has 3 nitrogen and oxygen atoms in total. The van der Waals surface area contributed by atoms with Crippen molar-refractivity contribution in [1.82, 2.24) is 0 Å². The van der Waals surface area contributed by atoms with Crippen LogP contribution in [0.15, 0.2) is 46.9 Å². The molecule has 18 heavy (non-hydrogen) atoms. The molecular weight excluding hydrogens is 341 g/mol. The van der Waals surface area contributed by atoms with Crippen molar-refractivity contribution in [1.29, 1.82) is 0 Å². The largest absolute Gasteiger partial charge is 0.451 e. The summed E-state index contributed by atoms with van der Waals surface area (Å²) in [4.78, 5) is 11.6. The van der Waals surface area contributed by atoms with Crippen LogP contribution in [-0.4, -0.2) is 5.91 Å². The maximum atomic E-state index is 11.6. The van der Waals surface area contributed by atoms with E-state index in [1.54, 1.807) is 6.08 Å². The number of hydrogen-bond acceptors (Lipinski definition) is 2. The maximum Gasteiger partial charge on any atom is 0.248 e. The first-order chi connectivity index (χ1) is 8.63. The number of carbonyl (C=O) groups excluding carboxylic acids is 1. The van der Waals surface area contributed by atoms with E-state index in [9.17, 15) is 4.79 Å². The SMILES string of the molecule is Cc1ccc(NC(=O)/C=C/c2ccc(I)o2)cc1. The van der Waals surface area contributed by atoms with Crippen molar-refractivity contribution in [2.24, 2.45) is 0 Å². The van der Waals surface area contributed by atoms with Crippen molar-refractivity contribution in [2.45, 2.75) is 6.92 Å². The number of carbonyl (C=O) groups is 1. The van der Waals surface area contributed by atoms with Crippen LogP contribution in [0.5, 0.6) is 0 Å². The second-order valence-electron chi connectivity index (χ2n) is 3.83. The van der Waals surface area contributed by atoms with Crippen molar-refractivity contribution in [3.8, 4) is 0 Å². The highest BCUT2D eigenvalue weighted by Gasteiger charge is 1.99. The molecule has 0 aliphatic rings.